The summed E-state index contributed by atoms with van der Waals surface area (Å²) in [5, 5.41) is 0.825. The van der Waals surface area contributed by atoms with Crippen LogP contribution in [0.3, 0.4) is 0 Å². The van der Waals surface area contributed by atoms with Crippen LogP contribution in [-0.4, -0.2) is 44.7 Å². The zero-order valence-corrected chi connectivity index (χ0v) is 14.0. The number of hydrogen-bond acceptors (Lipinski definition) is 3. The highest BCUT2D eigenvalue weighted by molar-refractivity contribution is 6.31. The van der Waals surface area contributed by atoms with Gasteiger partial charge in [-0.15, -0.1) is 0 Å². The van der Waals surface area contributed by atoms with E-state index in [1.165, 1.54) is 5.69 Å². The van der Waals surface area contributed by atoms with Crippen molar-refractivity contribution in [3.63, 3.8) is 0 Å². The average Bonchev–Trinajstić information content (AvgIpc) is 2.36. The first-order chi connectivity index (χ1) is 9.43. The van der Waals surface area contributed by atoms with Gasteiger partial charge in [0.15, 0.2) is 0 Å². The molecule has 0 fully saturated rings. The molecule has 0 aromatic heterocycles. The standard InChI is InChI=1S/C16H28ClN3/c1-5-20(10-6-9-19(3)4)15-8-7-14(11-13(2)18)16(17)12-15/h7-8,12-13H,5-6,9-11,18H2,1-4H3. The van der Waals surface area contributed by atoms with Gasteiger partial charge in [-0.3, -0.25) is 0 Å². The fourth-order valence-corrected chi connectivity index (χ4v) is 2.54. The second kappa shape index (κ2) is 8.50. The summed E-state index contributed by atoms with van der Waals surface area (Å²) in [6, 6.07) is 6.47. The number of rotatable bonds is 8. The highest BCUT2D eigenvalue weighted by Crippen LogP contribution is 2.24. The maximum atomic E-state index is 6.37. The van der Waals surface area contributed by atoms with Gasteiger partial charge in [-0.1, -0.05) is 17.7 Å². The zero-order valence-electron chi connectivity index (χ0n) is 13.2. The maximum Gasteiger partial charge on any atom is 0.0459 e. The van der Waals surface area contributed by atoms with Gasteiger partial charge in [-0.05, 0) is 65.0 Å². The minimum absolute atomic E-state index is 0.140. The molecule has 0 aliphatic carbocycles. The van der Waals surface area contributed by atoms with Gasteiger partial charge in [0.2, 0.25) is 0 Å². The van der Waals surface area contributed by atoms with Gasteiger partial charge in [-0.2, -0.15) is 0 Å². The Hall–Kier alpha value is -0.770. The van der Waals surface area contributed by atoms with Crippen LogP contribution in [0.15, 0.2) is 18.2 Å². The second-order valence-corrected chi connectivity index (χ2v) is 6.10. The number of nitrogens with zero attached hydrogens (tertiary/aromatic N) is 2. The van der Waals surface area contributed by atoms with Crippen molar-refractivity contribution in [3.05, 3.63) is 28.8 Å². The summed E-state index contributed by atoms with van der Waals surface area (Å²) >= 11 is 6.37. The van der Waals surface area contributed by atoms with E-state index in [2.05, 4.69) is 49.0 Å². The molecule has 2 N–H and O–H groups in total. The Morgan fingerprint density at radius 1 is 1.25 bits per heavy atom. The van der Waals surface area contributed by atoms with E-state index in [4.69, 9.17) is 17.3 Å². The molecule has 4 heteroatoms. The van der Waals surface area contributed by atoms with Crippen molar-refractivity contribution in [3.8, 4) is 0 Å². The van der Waals surface area contributed by atoms with Crippen LogP contribution in [-0.2, 0) is 6.42 Å². The van der Waals surface area contributed by atoms with E-state index in [9.17, 15) is 0 Å². The third-order valence-electron chi connectivity index (χ3n) is 3.36. The van der Waals surface area contributed by atoms with E-state index < -0.39 is 0 Å². The molecule has 114 valence electrons. The number of halogens is 1. The number of hydrogen-bond donors (Lipinski definition) is 1. The van der Waals surface area contributed by atoms with Crippen molar-refractivity contribution in [1.29, 1.82) is 0 Å². The fraction of sp³-hybridized carbons (Fsp3) is 0.625. The summed E-state index contributed by atoms with van der Waals surface area (Å²) in [5.41, 5.74) is 8.17. The molecule has 1 unspecified atom stereocenters. The third kappa shape index (κ3) is 5.70. The Morgan fingerprint density at radius 2 is 1.95 bits per heavy atom. The topological polar surface area (TPSA) is 32.5 Å². The lowest BCUT2D eigenvalue weighted by atomic mass is 10.1. The van der Waals surface area contributed by atoms with Gasteiger partial charge in [-0.25, -0.2) is 0 Å². The quantitative estimate of drug-likeness (QED) is 0.800. The predicted molar refractivity (Wildman–Crippen MR) is 89.9 cm³/mol. The third-order valence-corrected chi connectivity index (χ3v) is 3.71. The molecule has 0 radical (unpaired) electrons. The van der Waals surface area contributed by atoms with Crippen LogP contribution in [0.4, 0.5) is 5.69 Å². The fourth-order valence-electron chi connectivity index (χ4n) is 2.29. The normalized spacial score (nSPS) is 12.8. The molecule has 0 bridgehead atoms. The molecule has 3 nitrogen and oxygen atoms in total. The van der Waals surface area contributed by atoms with E-state index in [-0.39, 0.29) is 6.04 Å². The number of anilines is 1. The Kier molecular flexibility index (Phi) is 7.35. The molecule has 1 aromatic rings. The van der Waals surface area contributed by atoms with Crippen LogP contribution >= 0.6 is 11.6 Å². The molecule has 0 aliphatic rings. The smallest absolute Gasteiger partial charge is 0.0459 e. The van der Waals surface area contributed by atoms with Crippen LogP contribution in [0.2, 0.25) is 5.02 Å². The molecule has 0 amide bonds. The van der Waals surface area contributed by atoms with Crippen LogP contribution in [0, 0.1) is 0 Å². The van der Waals surface area contributed by atoms with Gasteiger partial charge in [0.05, 0.1) is 0 Å². The molecular formula is C16H28ClN3. The van der Waals surface area contributed by atoms with Gasteiger partial charge in [0, 0.05) is 29.8 Å². The molecule has 20 heavy (non-hydrogen) atoms. The van der Waals surface area contributed by atoms with Crippen molar-refractivity contribution in [2.75, 3.05) is 38.6 Å². The minimum Gasteiger partial charge on any atom is -0.372 e. The van der Waals surface area contributed by atoms with Crippen molar-refractivity contribution in [1.82, 2.24) is 4.90 Å². The van der Waals surface area contributed by atoms with Crippen molar-refractivity contribution in [2.24, 2.45) is 5.73 Å². The summed E-state index contributed by atoms with van der Waals surface area (Å²) in [7, 11) is 4.21. The lowest BCUT2D eigenvalue weighted by Gasteiger charge is -2.24. The van der Waals surface area contributed by atoms with E-state index >= 15 is 0 Å². The molecule has 0 saturated carbocycles. The highest BCUT2D eigenvalue weighted by atomic mass is 35.5. The number of nitrogens with two attached hydrogens (primary N) is 1. The lowest BCUT2D eigenvalue weighted by molar-refractivity contribution is 0.400. The van der Waals surface area contributed by atoms with Crippen LogP contribution in [0.5, 0.6) is 0 Å². The summed E-state index contributed by atoms with van der Waals surface area (Å²) in [6.45, 7) is 7.34. The van der Waals surface area contributed by atoms with E-state index in [1.807, 2.05) is 6.92 Å². The Morgan fingerprint density at radius 3 is 2.45 bits per heavy atom. The van der Waals surface area contributed by atoms with Gasteiger partial charge in [0.1, 0.15) is 0 Å². The summed E-state index contributed by atoms with van der Waals surface area (Å²) < 4.78 is 0. The SMILES string of the molecule is CCN(CCCN(C)C)c1ccc(CC(C)N)c(Cl)c1. The van der Waals surface area contributed by atoms with E-state index in [0.29, 0.717) is 0 Å². The molecule has 0 spiro atoms. The summed E-state index contributed by atoms with van der Waals surface area (Å²) in [4.78, 5) is 4.58. The monoisotopic (exact) mass is 297 g/mol. The van der Waals surface area contributed by atoms with Gasteiger partial charge >= 0.3 is 0 Å². The Labute approximate surface area is 128 Å². The second-order valence-electron chi connectivity index (χ2n) is 5.69. The van der Waals surface area contributed by atoms with Gasteiger partial charge in [0.25, 0.3) is 0 Å². The molecule has 1 atom stereocenters. The van der Waals surface area contributed by atoms with Crippen molar-refractivity contribution < 1.29 is 0 Å². The zero-order chi connectivity index (χ0) is 15.1. The summed E-state index contributed by atoms with van der Waals surface area (Å²) in [6.07, 6.45) is 1.98. The van der Waals surface area contributed by atoms with Gasteiger partial charge < -0.3 is 15.5 Å². The van der Waals surface area contributed by atoms with Crippen LogP contribution in [0.25, 0.3) is 0 Å². The first-order valence-electron chi connectivity index (χ1n) is 7.37. The first-order valence-corrected chi connectivity index (χ1v) is 7.75. The molecule has 1 aromatic carbocycles. The number of benzene rings is 1. The highest BCUT2D eigenvalue weighted by Gasteiger charge is 2.09. The Balaban J connectivity index is 2.70. The lowest BCUT2D eigenvalue weighted by Crippen LogP contribution is -2.27. The minimum atomic E-state index is 0.140. The molecule has 0 heterocycles. The molecule has 0 saturated heterocycles. The average molecular weight is 298 g/mol. The van der Waals surface area contributed by atoms with Crippen LogP contribution in [0.1, 0.15) is 25.8 Å². The van der Waals surface area contributed by atoms with Crippen LogP contribution < -0.4 is 10.6 Å². The first kappa shape index (κ1) is 17.3. The molecule has 0 aliphatic heterocycles. The Bertz CT molecular complexity index is 405. The van der Waals surface area contributed by atoms with E-state index in [0.717, 1.165) is 43.1 Å². The van der Waals surface area contributed by atoms with Crippen molar-refractivity contribution >= 4 is 17.3 Å². The molecular weight excluding hydrogens is 270 g/mol. The van der Waals surface area contributed by atoms with Crippen molar-refractivity contribution in [2.45, 2.75) is 32.7 Å². The van der Waals surface area contributed by atoms with E-state index in [1.54, 1.807) is 0 Å². The molecule has 1 rings (SSSR count). The maximum absolute atomic E-state index is 6.37. The summed E-state index contributed by atoms with van der Waals surface area (Å²) in [5.74, 6) is 0. The largest absolute Gasteiger partial charge is 0.372 e. The predicted octanol–water partition coefficient (Wildman–Crippen LogP) is 3.01.